The molecule has 0 fully saturated rings. The van der Waals surface area contributed by atoms with Gasteiger partial charge in [0.15, 0.2) is 5.78 Å². The Hall–Kier alpha value is -3.59. The van der Waals surface area contributed by atoms with Crippen LogP contribution in [0, 0.1) is 11.3 Å². The standard InChI is InChI=1S/C19H17N3O3/c1-13(23)14-3-5-17(6-4-14)22-19(24)15(11-20)12-21-16-7-9-18(25-2)10-8-16/h3-10,12,21H,1-2H3,(H,22,24)/b15-12-. The van der Waals surface area contributed by atoms with Crippen molar-refractivity contribution in [3.05, 3.63) is 65.9 Å². The Morgan fingerprint density at radius 2 is 1.64 bits per heavy atom. The highest BCUT2D eigenvalue weighted by Crippen LogP contribution is 2.16. The van der Waals surface area contributed by atoms with Gasteiger partial charge < -0.3 is 15.4 Å². The lowest BCUT2D eigenvalue weighted by Gasteiger charge is -2.06. The highest BCUT2D eigenvalue weighted by molar-refractivity contribution is 6.07. The van der Waals surface area contributed by atoms with Crippen LogP contribution in [0.5, 0.6) is 5.75 Å². The van der Waals surface area contributed by atoms with Crippen molar-refractivity contribution in [2.45, 2.75) is 6.92 Å². The fourth-order valence-electron chi connectivity index (χ4n) is 1.98. The van der Waals surface area contributed by atoms with Gasteiger partial charge in [-0.2, -0.15) is 5.26 Å². The Morgan fingerprint density at radius 1 is 1.04 bits per heavy atom. The van der Waals surface area contributed by atoms with Gasteiger partial charge in [0.2, 0.25) is 0 Å². The average Bonchev–Trinajstić information content (AvgIpc) is 2.63. The van der Waals surface area contributed by atoms with Crippen molar-refractivity contribution < 1.29 is 14.3 Å². The number of methoxy groups -OCH3 is 1. The number of ketones is 1. The molecule has 0 saturated carbocycles. The quantitative estimate of drug-likeness (QED) is 0.480. The molecule has 0 bridgehead atoms. The molecule has 126 valence electrons. The smallest absolute Gasteiger partial charge is 0.267 e. The number of ether oxygens (including phenoxy) is 1. The summed E-state index contributed by atoms with van der Waals surface area (Å²) in [5.41, 5.74) is 1.69. The van der Waals surface area contributed by atoms with Gasteiger partial charge in [0.25, 0.3) is 5.91 Å². The van der Waals surface area contributed by atoms with Crippen molar-refractivity contribution >= 4 is 23.1 Å². The zero-order valence-corrected chi connectivity index (χ0v) is 13.9. The maximum Gasteiger partial charge on any atom is 0.267 e. The summed E-state index contributed by atoms with van der Waals surface area (Å²) in [5, 5.41) is 14.7. The topological polar surface area (TPSA) is 91.2 Å². The molecule has 2 N–H and O–H groups in total. The molecule has 0 radical (unpaired) electrons. The molecule has 0 aromatic heterocycles. The predicted molar refractivity (Wildman–Crippen MR) is 95.4 cm³/mol. The molecule has 0 heterocycles. The fraction of sp³-hybridized carbons (Fsp3) is 0.105. The van der Waals surface area contributed by atoms with Crippen LogP contribution >= 0.6 is 0 Å². The molecule has 0 saturated heterocycles. The van der Waals surface area contributed by atoms with Crippen LogP contribution in [0.2, 0.25) is 0 Å². The van der Waals surface area contributed by atoms with Crippen LogP contribution in [0.3, 0.4) is 0 Å². The van der Waals surface area contributed by atoms with Gasteiger partial charge in [-0.1, -0.05) is 0 Å². The number of nitriles is 1. The molecule has 1 amide bonds. The first-order valence-corrected chi connectivity index (χ1v) is 7.46. The van der Waals surface area contributed by atoms with Crippen LogP contribution in [-0.4, -0.2) is 18.8 Å². The third kappa shape index (κ3) is 4.94. The van der Waals surface area contributed by atoms with Crippen molar-refractivity contribution in [1.82, 2.24) is 0 Å². The number of hydrogen-bond acceptors (Lipinski definition) is 5. The van der Waals surface area contributed by atoms with Crippen LogP contribution in [0.4, 0.5) is 11.4 Å². The summed E-state index contributed by atoms with van der Waals surface area (Å²) in [6.07, 6.45) is 1.33. The van der Waals surface area contributed by atoms with E-state index in [1.165, 1.54) is 13.1 Å². The first-order valence-electron chi connectivity index (χ1n) is 7.46. The summed E-state index contributed by atoms with van der Waals surface area (Å²) < 4.78 is 5.06. The highest BCUT2D eigenvalue weighted by Gasteiger charge is 2.09. The van der Waals surface area contributed by atoms with Gasteiger partial charge >= 0.3 is 0 Å². The molecule has 6 nitrogen and oxygen atoms in total. The van der Waals surface area contributed by atoms with Gasteiger partial charge in [0, 0.05) is 23.1 Å². The number of rotatable bonds is 6. The number of carbonyl (C=O) groups is 2. The van der Waals surface area contributed by atoms with E-state index in [-0.39, 0.29) is 11.4 Å². The normalized spacial score (nSPS) is 10.5. The number of anilines is 2. The third-order valence-corrected chi connectivity index (χ3v) is 3.39. The largest absolute Gasteiger partial charge is 0.497 e. The molecule has 0 spiro atoms. The number of benzene rings is 2. The van der Waals surface area contributed by atoms with Crippen molar-refractivity contribution in [3.63, 3.8) is 0 Å². The number of carbonyl (C=O) groups excluding carboxylic acids is 2. The molecule has 25 heavy (non-hydrogen) atoms. The summed E-state index contributed by atoms with van der Waals surface area (Å²) in [4.78, 5) is 23.4. The van der Waals surface area contributed by atoms with Gasteiger partial charge in [0.1, 0.15) is 17.4 Å². The molecule has 2 aromatic rings. The Labute approximate surface area is 145 Å². The summed E-state index contributed by atoms with van der Waals surface area (Å²) in [5.74, 6) is 0.111. The van der Waals surface area contributed by atoms with Gasteiger partial charge in [0.05, 0.1) is 7.11 Å². The summed E-state index contributed by atoms with van der Waals surface area (Å²) in [6.45, 7) is 1.47. The first-order chi connectivity index (χ1) is 12.0. The van der Waals surface area contributed by atoms with E-state index in [9.17, 15) is 9.59 Å². The second-order valence-electron chi connectivity index (χ2n) is 5.13. The third-order valence-electron chi connectivity index (χ3n) is 3.39. The Bertz CT molecular complexity index is 832. The number of nitrogens with one attached hydrogen (secondary N) is 2. The van der Waals surface area contributed by atoms with E-state index < -0.39 is 5.91 Å². The highest BCUT2D eigenvalue weighted by atomic mass is 16.5. The number of amides is 1. The van der Waals surface area contributed by atoms with Gasteiger partial charge in [-0.25, -0.2) is 0 Å². The Morgan fingerprint density at radius 3 is 2.16 bits per heavy atom. The monoisotopic (exact) mass is 335 g/mol. The number of Topliss-reactive ketones (excluding diaryl/α,β-unsaturated/α-hetero) is 1. The van der Waals surface area contributed by atoms with E-state index in [0.717, 1.165) is 0 Å². The second-order valence-corrected chi connectivity index (χ2v) is 5.13. The second kappa shape index (κ2) is 8.31. The SMILES string of the molecule is COc1ccc(N/C=C(/C#N)C(=O)Nc2ccc(C(C)=O)cc2)cc1. The van der Waals surface area contributed by atoms with Crippen LogP contribution < -0.4 is 15.4 Å². The summed E-state index contributed by atoms with van der Waals surface area (Å²) >= 11 is 0. The lowest BCUT2D eigenvalue weighted by atomic mass is 10.1. The zero-order chi connectivity index (χ0) is 18.2. The Kier molecular flexibility index (Phi) is 5.91. The molecule has 0 atom stereocenters. The van der Waals surface area contributed by atoms with E-state index in [1.807, 2.05) is 6.07 Å². The molecular formula is C19H17N3O3. The van der Waals surface area contributed by atoms with Gasteiger partial charge in [-0.15, -0.1) is 0 Å². The van der Waals surface area contributed by atoms with Crippen molar-refractivity contribution in [2.24, 2.45) is 0 Å². The van der Waals surface area contributed by atoms with E-state index >= 15 is 0 Å². The van der Waals surface area contributed by atoms with Crippen LogP contribution in [0.15, 0.2) is 60.3 Å². The van der Waals surface area contributed by atoms with Gasteiger partial charge in [-0.3, -0.25) is 9.59 Å². The predicted octanol–water partition coefficient (Wildman–Crippen LogP) is 3.36. The lowest BCUT2D eigenvalue weighted by Crippen LogP contribution is -2.14. The molecule has 0 aliphatic carbocycles. The minimum absolute atomic E-state index is 0.0563. The van der Waals surface area contributed by atoms with Gasteiger partial charge in [-0.05, 0) is 55.5 Å². The van der Waals surface area contributed by atoms with Crippen molar-refractivity contribution in [1.29, 1.82) is 5.26 Å². The molecule has 0 unspecified atom stereocenters. The first kappa shape index (κ1) is 17.8. The maximum atomic E-state index is 12.2. The van der Waals surface area contributed by atoms with Crippen LogP contribution in [-0.2, 0) is 4.79 Å². The van der Waals surface area contributed by atoms with Crippen LogP contribution in [0.1, 0.15) is 17.3 Å². The number of nitrogens with zero attached hydrogens (tertiary/aromatic N) is 1. The van der Waals surface area contributed by atoms with E-state index in [4.69, 9.17) is 10.00 Å². The molecule has 0 aliphatic rings. The van der Waals surface area contributed by atoms with Crippen LogP contribution in [0.25, 0.3) is 0 Å². The summed E-state index contributed by atoms with van der Waals surface area (Å²) in [7, 11) is 1.57. The molecule has 6 heteroatoms. The van der Waals surface area contributed by atoms with Crippen molar-refractivity contribution in [2.75, 3.05) is 17.7 Å². The maximum absolute atomic E-state index is 12.2. The minimum atomic E-state index is -0.543. The van der Waals surface area contributed by atoms with Crippen molar-refractivity contribution in [3.8, 4) is 11.8 Å². The van der Waals surface area contributed by atoms with E-state index in [2.05, 4.69) is 10.6 Å². The van der Waals surface area contributed by atoms with E-state index in [1.54, 1.807) is 55.6 Å². The fourth-order valence-corrected chi connectivity index (χ4v) is 1.98. The minimum Gasteiger partial charge on any atom is -0.497 e. The molecular weight excluding hydrogens is 318 g/mol. The average molecular weight is 335 g/mol. The van der Waals surface area contributed by atoms with E-state index in [0.29, 0.717) is 22.7 Å². The molecule has 0 aliphatic heterocycles. The lowest BCUT2D eigenvalue weighted by molar-refractivity contribution is -0.112. The summed E-state index contributed by atoms with van der Waals surface area (Å²) in [6, 6.07) is 15.4. The Balaban J connectivity index is 2.04. The molecule has 2 rings (SSSR count). The number of hydrogen-bond donors (Lipinski definition) is 2. The zero-order valence-electron chi connectivity index (χ0n) is 13.9. The molecule has 2 aromatic carbocycles.